The number of hydrogen-bond donors (Lipinski definition) is 1. The summed E-state index contributed by atoms with van der Waals surface area (Å²) in [6.45, 7) is 4.86. The minimum atomic E-state index is -0.309. The molecule has 2 nitrogen and oxygen atoms in total. The molecule has 0 spiro atoms. The molecule has 0 saturated carbocycles. The summed E-state index contributed by atoms with van der Waals surface area (Å²) in [5, 5.41) is 9.92. The maximum absolute atomic E-state index is 9.92. The number of rotatable bonds is 2. The lowest BCUT2D eigenvalue weighted by atomic mass is 9.82. The van der Waals surface area contributed by atoms with Crippen molar-refractivity contribution in [3.05, 3.63) is 29.3 Å². The van der Waals surface area contributed by atoms with E-state index in [0.717, 1.165) is 24.2 Å². The first-order valence-corrected chi connectivity index (χ1v) is 5.67. The van der Waals surface area contributed by atoms with Crippen molar-refractivity contribution in [2.45, 2.75) is 38.7 Å². The van der Waals surface area contributed by atoms with E-state index in [4.69, 9.17) is 4.74 Å². The molecule has 0 saturated heterocycles. The van der Waals surface area contributed by atoms with E-state index in [1.54, 1.807) is 0 Å². The summed E-state index contributed by atoms with van der Waals surface area (Å²) in [5.74, 6) is 1.42. The van der Waals surface area contributed by atoms with Gasteiger partial charge in [0.05, 0.1) is 12.7 Å². The third-order valence-corrected chi connectivity index (χ3v) is 3.13. The zero-order valence-corrected chi connectivity index (χ0v) is 9.36. The highest BCUT2D eigenvalue weighted by atomic mass is 16.5. The molecule has 15 heavy (non-hydrogen) atoms. The van der Waals surface area contributed by atoms with Crippen LogP contribution in [0.2, 0.25) is 0 Å². The number of benzene rings is 1. The van der Waals surface area contributed by atoms with E-state index in [1.807, 2.05) is 19.1 Å². The van der Waals surface area contributed by atoms with Crippen molar-refractivity contribution in [2.24, 2.45) is 0 Å². The second-order valence-electron chi connectivity index (χ2n) is 4.22. The van der Waals surface area contributed by atoms with Crippen LogP contribution in [-0.2, 0) is 0 Å². The normalized spacial score (nSPS) is 24.7. The highest BCUT2D eigenvalue weighted by Gasteiger charge is 2.23. The van der Waals surface area contributed by atoms with Crippen LogP contribution in [0, 0.1) is 0 Å². The highest BCUT2D eigenvalue weighted by Crippen LogP contribution is 2.38. The van der Waals surface area contributed by atoms with E-state index < -0.39 is 0 Å². The van der Waals surface area contributed by atoms with Gasteiger partial charge in [-0.2, -0.15) is 0 Å². The summed E-state index contributed by atoms with van der Waals surface area (Å²) in [5.41, 5.74) is 2.33. The van der Waals surface area contributed by atoms with Crippen molar-refractivity contribution < 1.29 is 9.84 Å². The molecule has 0 fully saturated rings. The smallest absolute Gasteiger partial charge is 0.119 e. The second-order valence-corrected chi connectivity index (χ2v) is 4.22. The Morgan fingerprint density at radius 1 is 1.33 bits per heavy atom. The topological polar surface area (TPSA) is 29.5 Å². The third-order valence-electron chi connectivity index (χ3n) is 3.13. The van der Waals surface area contributed by atoms with Gasteiger partial charge in [-0.15, -0.1) is 0 Å². The minimum Gasteiger partial charge on any atom is -0.494 e. The van der Waals surface area contributed by atoms with Gasteiger partial charge in [0.15, 0.2) is 0 Å². The van der Waals surface area contributed by atoms with Crippen LogP contribution in [-0.4, -0.2) is 11.7 Å². The monoisotopic (exact) mass is 206 g/mol. The standard InChI is InChI=1S/C13H18O2/c1-3-15-10-5-6-11-9(2)4-7-13(14)12(11)8-10/h5-6,8-9,13-14H,3-4,7H2,1-2H3. The zero-order chi connectivity index (χ0) is 10.8. The van der Waals surface area contributed by atoms with Crippen molar-refractivity contribution >= 4 is 0 Å². The summed E-state index contributed by atoms with van der Waals surface area (Å²) in [7, 11) is 0. The van der Waals surface area contributed by atoms with E-state index >= 15 is 0 Å². The van der Waals surface area contributed by atoms with Crippen molar-refractivity contribution in [3.8, 4) is 5.75 Å². The molecule has 2 heteroatoms. The Labute approximate surface area is 90.9 Å². The quantitative estimate of drug-likeness (QED) is 0.806. The number of aliphatic hydroxyl groups excluding tert-OH is 1. The van der Waals surface area contributed by atoms with Crippen molar-refractivity contribution in [3.63, 3.8) is 0 Å². The fraction of sp³-hybridized carbons (Fsp3) is 0.538. The molecule has 2 atom stereocenters. The summed E-state index contributed by atoms with van der Waals surface area (Å²) < 4.78 is 5.44. The molecule has 0 bridgehead atoms. The van der Waals surface area contributed by atoms with Gasteiger partial charge in [-0.05, 0) is 48.9 Å². The zero-order valence-electron chi connectivity index (χ0n) is 9.36. The second kappa shape index (κ2) is 4.23. The Balaban J connectivity index is 2.36. The van der Waals surface area contributed by atoms with Gasteiger partial charge in [0.2, 0.25) is 0 Å². The first-order chi connectivity index (χ1) is 7.22. The van der Waals surface area contributed by atoms with Crippen LogP contribution in [0.1, 0.15) is 49.8 Å². The minimum absolute atomic E-state index is 0.309. The molecule has 0 aliphatic heterocycles. The van der Waals surface area contributed by atoms with Gasteiger partial charge in [0, 0.05) is 0 Å². The van der Waals surface area contributed by atoms with Gasteiger partial charge >= 0.3 is 0 Å². The molecule has 0 radical (unpaired) electrons. The van der Waals surface area contributed by atoms with Crippen LogP contribution in [0.4, 0.5) is 0 Å². The predicted molar refractivity (Wildman–Crippen MR) is 60.2 cm³/mol. The van der Waals surface area contributed by atoms with Crippen LogP contribution in [0.3, 0.4) is 0 Å². The van der Waals surface area contributed by atoms with Crippen LogP contribution in [0.5, 0.6) is 5.75 Å². The Morgan fingerprint density at radius 2 is 2.13 bits per heavy atom. The van der Waals surface area contributed by atoms with Gasteiger partial charge in [-0.25, -0.2) is 0 Å². The van der Waals surface area contributed by atoms with E-state index in [1.165, 1.54) is 5.56 Å². The summed E-state index contributed by atoms with van der Waals surface area (Å²) in [4.78, 5) is 0. The molecule has 0 aromatic heterocycles. The van der Waals surface area contributed by atoms with E-state index in [9.17, 15) is 5.11 Å². The lowest BCUT2D eigenvalue weighted by molar-refractivity contribution is 0.151. The van der Waals surface area contributed by atoms with E-state index in [0.29, 0.717) is 12.5 Å². The van der Waals surface area contributed by atoms with Gasteiger partial charge in [0.1, 0.15) is 5.75 Å². The van der Waals surface area contributed by atoms with Crippen molar-refractivity contribution in [1.82, 2.24) is 0 Å². The molecule has 1 aliphatic carbocycles. The predicted octanol–water partition coefficient (Wildman–Crippen LogP) is 3.02. The van der Waals surface area contributed by atoms with Gasteiger partial charge in [-0.1, -0.05) is 13.0 Å². The maximum atomic E-state index is 9.92. The van der Waals surface area contributed by atoms with E-state index in [2.05, 4.69) is 13.0 Å². The fourth-order valence-electron chi connectivity index (χ4n) is 2.27. The molecule has 1 aromatic carbocycles. The average molecular weight is 206 g/mol. The maximum Gasteiger partial charge on any atom is 0.119 e. The molecular weight excluding hydrogens is 188 g/mol. The molecule has 1 aromatic rings. The molecule has 0 amide bonds. The molecular formula is C13H18O2. The van der Waals surface area contributed by atoms with Crippen LogP contribution >= 0.6 is 0 Å². The largest absolute Gasteiger partial charge is 0.494 e. The highest BCUT2D eigenvalue weighted by molar-refractivity contribution is 5.40. The van der Waals surface area contributed by atoms with Gasteiger partial charge in [0.25, 0.3) is 0 Å². The van der Waals surface area contributed by atoms with Gasteiger partial charge < -0.3 is 9.84 Å². The summed E-state index contributed by atoms with van der Waals surface area (Å²) in [6.07, 6.45) is 1.63. The van der Waals surface area contributed by atoms with Gasteiger partial charge in [-0.3, -0.25) is 0 Å². The number of fused-ring (bicyclic) bond motifs is 1. The Bertz CT molecular complexity index is 346. The number of ether oxygens (including phenoxy) is 1. The Hall–Kier alpha value is -1.02. The third kappa shape index (κ3) is 2.00. The Kier molecular flexibility index (Phi) is 2.96. The molecule has 0 heterocycles. The van der Waals surface area contributed by atoms with Crippen molar-refractivity contribution in [1.29, 1.82) is 0 Å². The first-order valence-electron chi connectivity index (χ1n) is 5.67. The van der Waals surface area contributed by atoms with E-state index in [-0.39, 0.29) is 6.10 Å². The SMILES string of the molecule is CCOc1ccc2c(c1)C(O)CCC2C. The average Bonchev–Trinajstić information content (AvgIpc) is 2.24. The molecule has 1 aliphatic rings. The van der Waals surface area contributed by atoms with Crippen molar-refractivity contribution in [2.75, 3.05) is 6.61 Å². The lowest BCUT2D eigenvalue weighted by Gasteiger charge is -2.26. The number of hydrogen-bond acceptors (Lipinski definition) is 2. The molecule has 1 N–H and O–H groups in total. The van der Waals surface area contributed by atoms with Crippen LogP contribution in [0.25, 0.3) is 0 Å². The molecule has 2 unspecified atom stereocenters. The lowest BCUT2D eigenvalue weighted by Crippen LogP contribution is -2.12. The molecule has 82 valence electrons. The molecule has 2 rings (SSSR count). The van der Waals surface area contributed by atoms with Crippen LogP contribution in [0.15, 0.2) is 18.2 Å². The van der Waals surface area contributed by atoms with Crippen LogP contribution < -0.4 is 4.74 Å². The first kappa shape index (κ1) is 10.5. The summed E-state index contributed by atoms with van der Waals surface area (Å²) >= 11 is 0. The fourth-order valence-corrected chi connectivity index (χ4v) is 2.27. The Morgan fingerprint density at radius 3 is 2.87 bits per heavy atom. The summed E-state index contributed by atoms with van der Waals surface area (Å²) in [6, 6.07) is 6.07. The number of aliphatic hydroxyl groups is 1.